The zero-order valence-corrected chi connectivity index (χ0v) is 12.5. The van der Waals surface area contributed by atoms with Crippen molar-refractivity contribution in [3.8, 4) is 6.07 Å². The van der Waals surface area contributed by atoms with Gasteiger partial charge in [0.2, 0.25) is 11.8 Å². The molecule has 2 rings (SSSR count). The van der Waals surface area contributed by atoms with E-state index in [1.54, 1.807) is 24.3 Å². The van der Waals surface area contributed by atoms with Crippen molar-refractivity contribution in [2.24, 2.45) is 5.92 Å². The molecule has 0 aliphatic carbocycles. The van der Waals surface area contributed by atoms with E-state index >= 15 is 0 Å². The fourth-order valence-corrected chi connectivity index (χ4v) is 2.39. The molecule has 0 aromatic heterocycles. The van der Waals surface area contributed by atoms with Crippen LogP contribution in [0, 0.1) is 17.2 Å². The van der Waals surface area contributed by atoms with E-state index < -0.39 is 0 Å². The molecule has 5 nitrogen and oxygen atoms in total. The van der Waals surface area contributed by atoms with Crippen LogP contribution in [0.1, 0.15) is 32.8 Å². The van der Waals surface area contributed by atoms with Crippen LogP contribution in [0.3, 0.4) is 0 Å². The van der Waals surface area contributed by atoms with E-state index in [0.29, 0.717) is 17.8 Å². The standard InChI is InChI=1S/C16H19N3O2/c1-16(2,3)18-15(21)12-8-14(20)19(10-12)13-7-5-4-6-11(13)9-17/h4-7,12H,8,10H2,1-3H3,(H,18,21). The fraction of sp³-hybridized carbons (Fsp3) is 0.438. The van der Waals surface area contributed by atoms with E-state index in [1.165, 1.54) is 4.90 Å². The Labute approximate surface area is 124 Å². The van der Waals surface area contributed by atoms with Gasteiger partial charge in [-0.15, -0.1) is 0 Å². The van der Waals surface area contributed by atoms with Gasteiger partial charge in [-0.05, 0) is 32.9 Å². The van der Waals surface area contributed by atoms with Gasteiger partial charge in [0.05, 0.1) is 17.2 Å². The lowest BCUT2D eigenvalue weighted by molar-refractivity contribution is -0.127. The van der Waals surface area contributed by atoms with Crippen LogP contribution in [-0.4, -0.2) is 23.9 Å². The van der Waals surface area contributed by atoms with Crippen LogP contribution in [0.25, 0.3) is 0 Å². The molecule has 1 fully saturated rings. The summed E-state index contributed by atoms with van der Waals surface area (Å²) in [6, 6.07) is 9.03. The number of anilines is 1. The van der Waals surface area contributed by atoms with E-state index in [-0.39, 0.29) is 29.7 Å². The Morgan fingerprint density at radius 2 is 2.05 bits per heavy atom. The van der Waals surface area contributed by atoms with Gasteiger partial charge < -0.3 is 10.2 Å². The van der Waals surface area contributed by atoms with Gasteiger partial charge in [0, 0.05) is 18.5 Å². The van der Waals surface area contributed by atoms with Crippen LogP contribution in [0.2, 0.25) is 0 Å². The number of nitriles is 1. The van der Waals surface area contributed by atoms with Crippen molar-refractivity contribution in [3.05, 3.63) is 29.8 Å². The minimum absolute atomic E-state index is 0.118. The lowest BCUT2D eigenvalue weighted by Gasteiger charge is -2.23. The Kier molecular flexibility index (Phi) is 3.99. The normalized spacial score (nSPS) is 18.5. The number of nitrogens with one attached hydrogen (secondary N) is 1. The summed E-state index contributed by atoms with van der Waals surface area (Å²) in [6.07, 6.45) is 0.182. The van der Waals surface area contributed by atoms with Gasteiger partial charge in [0.15, 0.2) is 0 Å². The molecule has 0 saturated carbocycles. The summed E-state index contributed by atoms with van der Waals surface area (Å²) in [5, 5.41) is 12.0. The zero-order valence-electron chi connectivity index (χ0n) is 12.5. The van der Waals surface area contributed by atoms with Crippen molar-refractivity contribution in [3.63, 3.8) is 0 Å². The van der Waals surface area contributed by atoms with Crippen molar-refractivity contribution < 1.29 is 9.59 Å². The average Bonchev–Trinajstić information content (AvgIpc) is 2.79. The molecule has 1 aromatic rings. The Balaban J connectivity index is 2.17. The first kappa shape index (κ1) is 15.0. The highest BCUT2D eigenvalue weighted by Gasteiger charge is 2.36. The average molecular weight is 285 g/mol. The molecule has 0 bridgehead atoms. The molecule has 21 heavy (non-hydrogen) atoms. The first-order valence-corrected chi connectivity index (χ1v) is 6.93. The third-order valence-corrected chi connectivity index (χ3v) is 3.31. The maximum Gasteiger partial charge on any atom is 0.227 e. The molecule has 0 spiro atoms. The first-order chi connectivity index (χ1) is 9.81. The van der Waals surface area contributed by atoms with E-state index in [2.05, 4.69) is 11.4 Å². The van der Waals surface area contributed by atoms with Gasteiger partial charge in [-0.1, -0.05) is 12.1 Å². The summed E-state index contributed by atoms with van der Waals surface area (Å²) in [5.74, 6) is -0.608. The molecular weight excluding hydrogens is 266 g/mol. The van der Waals surface area contributed by atoms with Crippen LogP contribution >= 0.6 is 0 Å². The second kappa shape index (κ2) is 5.57. The third kappa shape index (κ3) is 3.40. The van der Waals surface area contributed by atoms with Gasteiger partial charge in [0.25, 0.3) is 0 Å². The summed E-state index contributed by atoms with van der Waals surface area (Å²) in [5.41, 5.74) is 0.705. The van der Waals surface area contributed by atoms with E-state index in [1.807, 2.05) is 20.8 Å². The molecule has 1 heterocycles. The summed E-state index contributed by atoms with van der Waals surface area (Å²) in [7, 11) is 0. The predicted octanol–water partition coefficient (Wildman–Crippen LogP) is 1.83. The third-order valence-electron chi connectivity index (χ3n) is 3.31. The number of hydrogen-bond donors (Lipinski definition) is 1. The topological polar surface area (TPSA) is 73.2 Å². The number of hydrogen-bond acceptors (Lipinski definition) is 3. The summed E-state index contributed by atoms with van der Waals surface area (Å²) < 4.78 is 0. The van der Waals surface area contributed by atoms with Crippen molar-refractivity contribution in [2.75, 3.05) is 11.4 Å². The Hall–Kier alpha value is -2.35. The largest absolute Gasteiger partial charge is 0.351 e. The maximum absolute atomic E-state index is 12.2. The minimum Gasteiger partial charge on any atom is -0.351 e. The van der Waals surface area contributed by atoms with Crippen LogP contribution < -0.4 is 10.2 Å². The summed E-state index contributed by atoms with van der Waals surface area (Å²) >= 11 is 0. The lowest BCUT2D eigenvalue weighted by atomic mass is 10.0. The molecule has 1 aliphatic rings. The smallest absolute Gasteiger partial charge is 0.227 e. The monoisotopic (exact) mass is 285 g/mol. The van der Waals surface area contributed by atoms with Gasteiger partial charge in [-0.2, -0.15) is 5.26 Å². The Morgan fingerprint density at radius 3 is 2.67 bits per heavy atom. The number of benzene rings is 1. The molecule has 1 atom stereocenters. The highest BCUT2D eigenvalue weighted by molar-refractivity contribution is 6.01. The Bertz CT molecular complexity index is 611. The van der Waals surface area contributed by atoms with Crippen LogP contribution in [0.15, 0.2) is 24.3 Å². The van der Waals surface area contributed by atoms with Crippen LogP contribution in [-0.2, 0) is 9.59 Å². The van der Waals surface area contributed by atoms with E-state index in [9.17, 15) is 9.59 Å². The number of amides is 2. The number of para-hydroxylation sites is 1. The summed E-state index contributed by atoms with van der Waals surface area (Å²) in [4.78, 5) is 25.9. The van der Waals surface area contributed by atoms with Crippen LogP contribution in [0.4, 0.5) is 5.69 Å². The van der Waals surface area contributed by atoms with Gasteiger partial charge in [0.1, 0.15) is 6.07 Å². The highest BCUT2D eigenvalue weighted by Crippen LogP contribution is 2.28. The van der Waals surface area contributed by atoms with Crippen LogP contribution in [0.5, 0.6) is 0 Å². The zero-order chi connectivity index (χ0) is 15.6. The molecule has 2 amide bonds. The molecule has 1 saturated heterocycles. The SMILES string of the molecule is CC(C)(C)NC(=O)C1CC(=O)N(c2ccccc2C#N)C1. The summed E-state index contributed by atoms with van der Waals surface area (Å²) in [6.45, 7) is 6.04. The molecule has 1 unspecified atom stereocenters. The predicted molar refractivity (Wildman–Crippen MR) is 79.5 cm³/mol. The quantitative estimate of drug-likeness (QED) is 0.901. The maximum atomic E-state index is 12.2. The fourth-order valence-electron chi connectivity index (χ4n) is 2.39. The lowest BCUT2D eigenvalue weighted by Crippen LogP contribution is -2.44. The second-order valence-electron chi connectivity index (χ2n) is 6.27. The van der Waals surface area contributed by atoms with Crippen molar-refractivity contribution in [1.29, 1.82) is 5.26 Å². The van der Waals surface area contributed by atoms with Crippen molar-refractivity contribution >= 4 is 17.5 Å². The first-order valence-electron chi connectivity index (χ1n) is 6.93. The molecule has 1 N–H and O–H groups in total. The highest BCUT2D eigenvalue weighted by atomic mass is 16.2. The van der Waals surface area contributed by atoms with Crippen molar-refractivity contribution in [2.45, 2.75) is 32.7 Å². The number of nitrogens with zero attached hydrogens (tertiary/aromatic N) is 2. The molecule has 0 radical (unpaired) electrons. The molecule has 1 aliphatic heterocycles. The number of carbonyl (C=O) groups excluding carboxylic acids is 2. The molecule has 1 aromatic carbocycles. The number of rotatable bonds is 2. The minimum atomic E-state index is -0.372. The Morgan fingerprint density at radius 1 is 1.38 bits per heavy atom. The molecular formula is C16H19N3O2. The van der Waals surface area contributed by atoms with E-state index in [0.717, 1.165) is 0 Å². The van der Waals surface area contributed by atoms with Gasteiger partial charge in [-0.25, -0.2) is 0 Å². The van der Waals surface area contributed by atoms with Crippen molar-refractivity contribution in [1.82, 2.24) is 5.32 Å². The molecule has 110 valence electrons. The van der Waals surface area contributed by atoms with Gasteiger partial charge >= 0.3 is 0 Å². The second-order valence-corrected chi connectivity index (χ2v) is 6.27. The van der Waals surface area contributed by atoms with Gasteiger partial charge in [-0.3, -0.25) is 9.59 Å². The number of carbonyl (C=O) groups is 2. The van der Waals surface area contributed by atoms with E-state index in [4.69, 9.17) is 5.26 Å². The molecule has 5 heteroatoms.